The average Bonchev–Trinajstić information content (AvgIpc) is 0.856. The predicted molar refractivity (Wildman–Crippen MR) is 370 cm³/mol. The van der Waals surface area contributed by atoms with Crippen molar-refractivity contribution in [3.05, 3.63) is 83.8 Å². The first-order valence-corrected chi connectivity index (χ1v) is 31.7. The summed E-state index contributed by atoms with van der Waals surface area (Å²) in [6.07, 6.45) is 17.8. The standard InChI is InChI=1S/2C13H18FN5O.C13H19N5O2.C12H16FN5O.C11H14ClN5/c2*1-2-3-4-9(7-20)17-12-11-10(18-13(15)19-12)5-8(14)6-16-11;1-3-4-8(7-19)16-12-11-10(17-13(14)18-12)5-9(20-2)6-15-11;1-2-3-8(6-19)16-11-10-9(17-12(14)18-11)4-7(13)5-15-10;1-2-3-4-14-10-9-8(16-11(13)17-10)5-7(12)6-15-9/h2*5-6,9,20H,2-4,7H2,1H3,(H3,15,17,18,19);5-6,8,19H,3-4,7H2,1-2H3,(H3,14,16,17,18);4-5,8,19H,2-3,6H2,1H3,(H3,14,16,17,18);5-6H,2-4H2,1H3,(H3,13,14,16,17)/t2*9-;2*8-;/m1000./s1. The number of aliphatic hydroxyl groups is 4. The van der Waals surface area contributed by atoms with Gasteiger partial charge >= 0.3 is 0 Å². The average molecular weight is 1350 g/mol. The van der Waals surface area contributed by atoms with Gasteiger partial charge in [0.05, 0.1) is 110 Å². The third-order valence-electron chi connectivity index (χ3n) is 14.0. The highest BCUT2D eigenvalue weighted by atomic mass is 35.5. The lowest BCUT2D eigenvalue weighted by atomic mass is 10.1. The van der Waals surface area contributed by atoms with E-state index in [0.717, 1.165) is 102 Å². The maximum Gasteiger partial charge on any atom is 0.222 e. The number of hydrogen-bond donors (Lipinski definition) is 14. The minimum absolute atomic E-state index is 0.0212. The van der Waals surface area contributed by atoms with Gasteiger partial charge in [0.15, 0.2) is 29.1 Å². The van der Waals surface area contributed by atoms with Gasteiger partial charge in [-0.1, -0.05) is 91.2 Å². The van der Waals surface area contributed by atoms with Crippen LogP contribution >= 0.6 is 11.6 Å². The first kappa shape index (κ1) is 75.2. The number of nitrogens with two attached hydrogens (primary N) is 5. The number of nitrogens with one attached hydrogen (secondary N) is 5. The third-order valence-corrected chi connectivity index (χ3v) is 14.2. The number of hydrogen-bond acceptors (Lipinski definition) is 30. The summed E-state index contributed by atoms with van der Waals surface area (Å²) in [5.74, 6) is 2.11. The molecule has 0 saturated carbocycles. The molecule has 516 valence electrons. The molecule has 10 aromatic rings. The van der Waals surface area contributed by atoms with Gasteiger partial charge in [-0.2, -0.15) is 24.9 Å². The van der Waals surface area contributed by atoms with Gasteiger partial charge in [-0.3, -0.25) is 0 Å². The van der Waals surface area contributed by atoms with Crippen molar-refractivity contribution in [2.24, 2.45) is 0 Å². The Kier molecular flexibility index (Phi) is 30.2. The van der Waals surface area contributed by atoms with Gasteiger partial charge < -0.3 is 80.4 Å². The Balaban J connectivity index is 0.000000190. The first-order chi connectivity index (χ1) is 46.3. The highest BCUT2D eigenvalue weighted by molar-refractivity contribution is 6.31. The van der Waals surface area contributed by atoms with E-state index in [1.54, 1.807) is 31.6 Å². The summed E-state index contributed by atoms with van der Waals surface area (Å²) in [4.78, 5) is 61.1. The van der Waals surface area contributed by atoms with Crippen LogP contribution in [0.5, 0.6) is 5.75 Å². The van der Waals surface area contributed by atoms with E-state index in [-0.39, 0.29) is 80.3 Å². The summed E-state index contributed by atoms with van der Waals surface area (Å²) in [5, 5.41) is 53.6. The summed E-state index contributed by atoms with van der Waals surface area (Å²) in [5.41, 5.74) is 33.1. The number of pyridine rings is 5. The lowest BCUT2D eigenvalue weighted by Gasteiger charge is -2.17. The number of rotatable bonds is 27. The van der Waals surface area contributed by atoms with E-state index in [9.17, 15) is 33.6 Å². The Bertz CT molecular complexity index is 3960. The second-order valence-electron chi connectivity index (χ2n) is 21.7. The summed E-state index contributed by atoms with van der Waals surface area (Å²) < 4.78 is 44.6. The molecule has 34 heteroatoms. The van der Waals surface area contributed by atoms with Crippen molar-refractivity contribution in [1.82, 2.24) is 74.8 Å². The molecule has 0 unspecified atom stereocenters. The zero-order chi connectivity index (χ0) is 69.7. The largest absolute Gasteiger partial charge is 0.495 e. The van der Waals surface area contributed by atoms with E-state index < -0.39 is 17.5 Å². The number of nitrogens with zero attached hydrogens (tertiary/aromatic N) is 15. The lowest BCUT2D eigenvalue weighted by Crippen LogP contribution is -2.24. The van der Waals surface area contributed by atoms with Crippen LogP contribution < -0.4 is 60.0 Å². The number of unbranched alkanes of at least 4 members (excludes halogenated alkanes) is 3. The Labute approximate surface area is 557 Å². The van der Waals surface area contributed by atoms with E-state index in [4.69, 9.17) is 45.0 Å². The van der Waals surface area contributed by atoms with Crippen LogP contribution in [0, 0.1) is 17.5 Å². The second kappa shape index (κ2) is 38.5. The molecule has 0 aliphatic rings. The summed E-state index contributed by atoms with van der Waals surface area (Å²) >= 11 is 5.87. The molecule has 0 aliphatic heterocycles. The molecule has 4 atom stereocenters. The van der Waals surface area contributed by atoms with Crippen molar-refractivity contribution < 1.29 is 38.3 Å². The van der Waals surface area contributed by atoms with Gasteiger partial charge in [-0.25, -0.2) is 63.0 Å². The lowest BCUT2D eigenvalue weighted by molar-refractivity contribution is 0.266. The van der Waals surface area contributed by atoms with Gasteiger partial charge in [0.1, 0.15) is 56.3 Å². The minimum Gasteiger partial charge on any atom is -0.495 e. The molecule has 0 radical (unpaired) electrons. The Morgan fingerprint density at radius 2 is 0.698 bits per heavy atom. The molecule has 0 aliphatic carbocycles. The summed E-state index contributed by atoms with van der Waals surface area (Å²) in [6, 6.07) is 6.73. The normalized spacial score (nSPS) is 12.2. The van der Waals surface area contributed by atoms with Crippen molar-refractivity contribution in [2.45, 2.75) is 136 Å². The molecule has 19 N–H and O–H groups in total. The molecule has 0 bridgehead atoms. The van der Waals surface area contributed by atoms with Crippen LogP contribution in [0.4, 0.5) is 72.0 Å². The van der Waals surface area contributed by atoms with Crippen molar-refractivity contribution in [3.63, 3.8) is 0 Å². The Morgan fingerprint density at radius 3 is 1.03 bits per heavy atom. The topological polar surface area (TPSA) is 474 Å². The highest BCUT2D eigenvalue weighted by Gasteiger charge is 2.18. The number of fused-ring (bicyclic) bond motifs is 5. The predicted octanol–water partition coefficient (Wildman–Crippen LogP) is 8.40. The Hall–Kier alpha value is -9.83. The molecule has 0 spiro atoms. The van der Waals surface area contributed by atoms with Crippen LogP contribution in [-0.2, 0) is 0 Å². The molecule has 10 aromatic heterocycles. The van der Waals surface area contributed by atoms with Crippen molar-refractivity contribution >= 4 is 126 Å². The smallest absolute Gasteiger partial charge is 0.222 e. The second-order valence-corrected chi connectivity index (χ2v) is 22.2. The Morgan fingerprint density at radius 1 is 0.396 bits per heavy atom. The highest BCUT2D eigenvalue weighted by Crippen LogP contribution is 2.27. The first-order valence-electron chi connectivity index (χ1n) is 31.3. The van der Waals surface area contributed by atoms with Crippen LogP contribution in [0.1, 0.15) is 112 Å². The molecule has 10 rings (SSSR count). The van der Waals surface area contributed by atoms with Crippen LogP contribution in [0.3, 0.4) is 0 Å². The zero-order valence-corrected chi connectivity index (χ0v) is 55.2. The zero-order valence-electron chi connectivity index (χ0n) is 54.4. The minimum atomic E-state index is -0.483. The number of ether oxygens (including phenoxy) is 1. The number of methoxy groups -OCH3 is 1. The van der Waals surface area contributed by atoms with Crippen LogP contribution in [0.15, 0.2) is 61.3 Å². The van der Waals surface area contributed by atoms with Gasteiger partial charge in [-0.05, 0) is 38.2 Å². The number of anilines is 10. The van der Waals surface area contributed by atoms with Crippen LogP contribution in [0.25, 0.3) is 55.2 Å². The van der Waals surface area contributed by atoms with E-state index in [0.29, 0.717) is 95.0 Å². The van der Waals surface area contributed by atoms with Gasteiger partial charge in [-0.15, -0.1) is 0 Å². The fraction of sp³-hybridized carbons (Fsp3) is 0.435. The van der Waals surface area contributed by atoms with E-state index >= 15 is 0 Å². The SMILES string of the molecule is CCCCNc1nc(N)nc2cc(Cl)cnc12.CCCC[C@@H](CO)Nc1nc(N)nc2cc(F)cnc12.CCCC[C@H](CO)Nc1nc(N)nc2cc(F)cnc12.CCC[C@@H](CO)Nc1nc(N)nc2cc(F)cnc12.CCC[C@@H](CO)Nc1nc(N)nc2cc(OC)cnc12. The number of aromatic nitrogens is 15. The van der Waals surface area contributed by atoms with Crippen LogP contribution in [0.2, 0.25) is 5.02 Å². The molecule has 0 fully saturated rings. The molecular weight excluding hydrogens is 1270 g/mol. The van der Waals surface area contributed by atoms with Gasteiger partial charge in [0.2, 0.25) is 29.7 Å². The van der Waals surface area contributed by atoms with E-state index in [1.807, 2.05) is 6.92 Å². The van der Waals surface area contributed by atoms with Crippen molar-refractivity contribution in [2.75, 3.05) is 95.3 Å². The third kappa shape index (κ3) is 22.7. The quantitative estimate of drug-likeness (QED) is 0.0215. The molecule has 30 nitrogen and oxygen atoms in total. The fourth-order valence-corrected chi connectivity index (χ4v) is 9.45. The molecule has 0 aromatic carbocycles. The number of nitrogen functional groups attached to an aromatic ring is 5. The number of aliphatic hydroxyl groups excluding tert-OH is 4. The molecular formula is C62H85ClF3N25O5. The molecule has 96 heavy (non-hydrogen) atoms. The van der Waals surface area contributed by atoms with Crippen molar-refractivity contribution in [3.8, 4) is 5.75 Å². The van der Waals surface area contributed by atoms with E-state index in [2.05, 4.69) is 129 Å². The molecule has 0 amide bonds. The van der Waals surface area contributed by atoms with Crippen molar-refractivity contribution in [1.29, 1.82) is 0 Å². The van der Waals surface area contributed by atoms with Gasteiger partial charge in [0.25, 0.3) is 0 Å². The summed E-state index contributed by atoms with van der Waals surface area (Å²) in [7, 11) is 1.57. The molecule has 0 saturated heterocycles. The van der Waals surface area contributed by atoms with Crippen LogP contribution in [-0.4, -0.2) is 159 Å². The molecule has 10 heterocycles. The maximum atomic E-state index is 13.2. The number of halogens is 4. The monoisotopic (exact) mass is 1350 g/mol. The maximum absolute atomic E-state index is 13.2. The summed E-state index contributed by atoms with van der Waals surface area (Å²) in [6.45, 7) is 11.2. The fourth-order valence-electron chi connectivity index (χ4n) is 9.30. The van der Waals surface area contributed by atoms with Gasteiger partial charge in [0, 0.05) is 37.0 Å². The van der Waals surface area contributed by atoms with E-state index in [1.165, 1.54) is 18.2 Å².